The van der Waals surface area contributed by atoms with Crippen LogP contribution in [0.25, 0.3) is 33.3 Å². The van der Waals surface area contributed by atoms with Gasteiger partial charge in [0.25, 0.3) is 0 Å². The lowest BCUT2D eigenvalue weighted by molar-refractivity contribution is 0.649. The van der Waals surface area contributed by atoms with Gasteiger partial charge in [0.1, 0.15) is 11.5 Å². The number of rotatable bonds is 5. The van der Waals surface area contributed by atoms with Crippen LogP contribution in [0.3, 0.4) is 0 Å². The largest absolute Gasteiger partial charge is 0.341 e. The number of H-pyrrole nitrogens is 1. The number of para-hydroxylation sites is 3. The van der Waals surface area contributed by atoms with Gasteiger partial charge < -0.3 is 9.55 Å². The molecule has 0 amide bonds. The molecule has 0 unspecified atom stereocenters. The summed E-state index contributed by atoms with van der Waals surface area (Å²) in [4.78, 5) is 8.26. The van der Waals surface area contributed by atoms with Gasteiger partial charge in [-0.15, -0.1) is 5.10 Å². The fraction of sp³-hybridized carbons (Fsp3) is 0.0800. The standard InChI is InChI=1S/C25H20N6/c1-2-8-18(9-3-1)14-31-16-19(28-29-31)15-30-17-21(20-10-4-7-13-24(20)30)25-26-22-11-5-6-12-23(22)27-25/h1-13,16-17H,14-15H2,(H,26,27). The molecule has 3 aromatic carbocycles. The zero-order valence-electron chi connectivity index (χ0n) is 16.8. The van der Waals surface area contributed by atoms with Gasteiger partial charge in [0.2, 0.25) is 0 Å². The summed E-state index contributed by atoms with van der Waals surface area (Å²) in [6.07, 6.45) is 4.17. The van der Waals surface area contributed by atoms with Crippen molar-refractivity contribution in [1.29, 1.82) is 0 Å². The lowest BCUT2D eigenvalue weighted by Gasteiger charge is -2.02. The maximum atomic E-state index is 4.80. The second kappa shape index (κ2) is 7.25. The normalized spacial score (nSPS) is 11.5. The molecular weight excluding hydrogens is 384 g/mol. The smallest absolute Gasteiger partial charge is 0.140 e. The minimum Gasteiger partial charge on any atom is -0.341 e. The molecule has 6 heteroatoms. The minimum absolute atomic E-state index is 0.648. The highest BCUT2D eigenvalue weighted by atomic mass is 15.4. The van der Waals surface area contributed by atoms with Crippen molar-refractivity contribution in [3.05, 3.63) is 103 Å². The van der Waals surface area contributed by atoms with E-state index in [1.807, 2.05) is 47.3 Å². The summed E-state index contributed by atoms with van der Waals surface area (Å²) < 4.78 is 4.10. The molecule has 0 spiro atoms. The van der Waals surface area contributed by atoms with Crippen molar-refractivity contribution < 1.29 is 0 Å². The van der Waals surface area contributed by atoms with Gasteiger partial charge in [-0.2, -0.15) is 0 Å². The molecule has 0 bridgehead atoms. The maximum Gasteiger partial charge on any atom is 0.140 e. The maximum absolute atomic E-state index is 4.80. The van der Waals surface area contributed by atoms with Crippen LogP contribution in [0.15, 0.2) is 91.3 Å². The first-order chi connectivity index (χ1) is 15.3. The van der Waals surface area contributed by atoms with Crippen molar-refractivity contribution in [2.75, 3.05) is 0 Å². The van der Waals surface area contributed by atoms with Crippen LogP contribution in [-0.2, 0) is 13.1 Å². The predicted molar refractivity (Wildman–Crippen MR) is 122 cm³/mol. The Balaban J connectivity index is 1.35. The highest BCUT2D eigenvalue weighted by Gasteiger charge is 2.14. The summed E-state index contributed by atoms with van der Waals surface area (Å²) in [5.74, 6) is 0.879. The quantitative estimate of drug-likeness (QED) is 0.446. The molecule has 150 valence electrons. The molecule has 0 fully saturated rings. The number of hydrogen-bond donors (Lipinski definition) is 1. The van der Waals surface area contributed by atoms with Crippen LogP contribution in [0.2, 0.25) is 0 Å². The third kappa shape index (κ3) is 3.28. The van der Waals surface area contributed by atoms with E-state index in [4.69, 9.17) is 4.98 Å². The van der Waals surface area contributed by atoms with E-state index in [0.717, 1.165) is 33.6 Å². The number of nitrogens with zero attached hydrogens (tertiary/aromatic N) is 5. The molecule has 6 aromatic rings. The van der Waals surface area contributed by atoms with Crippen LogP contribution in [0.1, 0.15) is 11.3 Å². The van der Waals surface area contributed by atoms with E-state index < -0.39 is 0 Å². The van der Waals surface area contributed by atoms with Gasteiger partial charge in [0, 0.05) is 22.7 Å². The average Bonchev–Trinajstić information content (AvgIpc) is 3.52. The van der Waals surface area contributed by atoms with E-state index in [1.54, 1.807) is 0 Å². The molecule has 0 saturated heterocycles. The van der Waals surface area contributed by atoms with Crippen molar-refractivity contribution in [3.63, 3.8) is 0 Å². The Morgan fingerprint density at radius 2 is 1.58 bits per heavy atom. The van der Waals surface area contributed by atoms with E-state index >= 15 is 0 Å². The van der Waals surface area contributed by atoms with Gasteiger partial charge in [-0.3, -0.25) is 0 Å². The highest BCUT2D eigenvalue weighted by Crippen LogP contribution is 2.30. The third-order valence-corrected chi connectivity index (χ3v) is 5.54. The SMILES string of the molecule is c1ccc(Cn2cc(Cn3cc(-c4nc5ccccc5[nH]4)c4ccccc43)nn2)cc1. The zero-order chi connectivity index (χ0) is 20.6. The summed E-state index contributed by atoms with van der Waals surface area (Å²) in [5.41, 5.74) is 6.38. The summed E-state index contributed by atoms with van der Waals surface area (Å²) in [7, 11) is 0. The molecule has 0 saturated carbocycles. The molecule has 3 heterocycles. The van der Waals surface area contributed by atoms with E-state index in [-0.39, 0.29) is 0 Å². The topological polar surface area (TPSA) is 64.3 Å². The number of aromatic nitrogens is 6. The number of nitrogens with one attached hydrogen (secondary N) is 1. The second-order valence-electron chi connectivity index (χ2n) is 7.68. The number of benzene rings is 3. The van der Waals surface area contributed by atoms with Gasteiger partial charge in [-0.1, -0.05) is 65.9 Å². The zero-order valence-corrected chi connectivity index (χ0v) is 16.8. The molecule has 6 nitrogen and oxygen atoms in total. The Kier molecular flexibility index (Phi) is 4.13. The Hall–Kier alpha value is -4.19. The summed E-state index contributed by atoms with van der Waals surface area (Å²) in [6.45, 7) is 1.36. The minimum atomic E-state index is 0.648. The Bertz CT molecular complexity index is 1460. The first-order valence-electron chi connectivity index (χ1n) is 10.3. The molecule has 1 N–H and O–H groups in total. The predicted octanol–water partition coefficient (Wildman–Crippen LogP) is 4.87. The van der Waals surface area contributed by atoms with Gasteiger partial charge in [-0.25, -0.2) is 9.67 Å². The molecule has 6 rings (SSSR count). The molecular formula is C25H20N6. The first-order valence-corrected chi connectivity index (χ1v) is 10.3. The first kappa shape index (κ1) is 17.7. The fourth-order valence-electron chi connectivity index (χ4n) is 4.08. The van der Waals surface area contributed by atoms with Gasteiger partial charge >= 0.3 is 0 Å². The third-order valence-electron chi connectivity index (χ3n) is 5.54. The van der Waals surface area contributed by atoms with Crippen LogP contribution >= 0.6 is 0 Å². The highest BCUT2D eigenvalue weighted by molar-refractivity contribution is 5.96. The van der Waals surface area contributed by atoms with E-state index in [9.17, 15) is 0 Å². The number of imidazole rings is 1. The Morgan fingerprint density at radius 3 is 2.48 bits per heavy atom. The van der Waals surface area contributed by atoms with Crippen LogP contribution in [-0.4, -0.2) is 29.5 Å². The average molecular weight is 404 g/mol. The van der Waals surface area contributed by atoms with Crippen LogP contribution in [0.5, 0.6) is 0 Å². The van der Waals surface area contributed by atoms with E-state index in [1.165, 1.54) is 10.9 Å². The number of aromatic amines is 1. The molecule has 0 aliphatic heterocycles. The summed E-state index contributed by atoms with van der Waals surface area (Å²) in [5, 5.41) is 9.88. The van der Waals surface area contributed by atoms with Gasteiger partial charge in [0.05, 0.1) is 30.3 Å². The molecule has 31 heavy (non-hydrogen) atoms. The molecule has 0 aliphatic carbocycles. The Labute approximate surface area is 178 Å². The summed E-state index contributed by atoms with van der Waals surface area (Å²) >= 11 is 0. The molecule has 0 aliphatic rings. The molecule has 0 radical (unpaired) electrons. The second-order valence-corrected chi connectivity index (χ2v) is 7.68. The van der Waals surface area contributed by atoms with Crippen LogP contribution < -0.4 is 0 Å². The van der Waals surface area contributed by atoms with E-state index in [2.05, 4.69) is 68.5 Å². The van der Waals surface area contributed by atoms with Crippen molar-refractivity contribution in [2.24, 2.45) is 0 Å². The van der Waals surface area contributed by atoms with Crippen molar-refractivity contribution in [1.82, 2.24) is 29.5 Å². The number of hydrogen-bond acceptors (Lipinski definition) is 3. The lowest BCUT2D eigenvalue weighted by Crippen LogP contribution is -2.00. The van der Waals surface area contributed by atoms with E-state index in [0.29, 0.717) is 13.1 Å². The number of fused-ring (bicyclic) bond motifs is 2. The van der Waals surface area contributed by atoms with Crippen molar-refractivity contribution in [3.8, 4) is 11.4 Å². The summed E-state index contributed by atoms with van der Waals surface area (Å²) in [6, 6.07) is 26.8. The van der Waals surface area contributed by atoms with Gasteiger partial charge in [0.15, 0.2) is 0 Å². The molecule has 0 atom stereocenters. The fourth-order valence-corrected chi connectivity index (χ4v) is 4.08. The lowest BCUT2D eigenvalue weighted by atomic mass is 10.2. The van der Waals surface area contributed by atoms with Crippen molar-refractivity contribution >= 4 is 21.9 Å². The molecule has 3 aromatic heterocycles. The van der Waals surface area contributed by atoms with Gasteiger partial charge in [-0.05, 0) is 23.8 Å². The van der Waals surface area contributed by atoms with Crippen LogP contribution in [0, 0.1) is 0 Å². The monoisotopic (exact) mass is 404 g/mol. The Morgan fingerprint density at radius 1 is 0.774 bits per heavy atom. The van der Waals surface area contributed by atoms with Crippen LogP contribution in [0.4, 0.5) is 0 Å². The van der Waals surface area contributed by atoms with Crippen molar-refractivity contribution in [2.45, 2.75) is 13.1 Å².